The van der Waals surface area contributed by atoms with Crippen molar-refractivity contribution in [3.8, 4) is 0 Å². The molecule has 3 aliphatic carbocycles. The van der Waals surface area contributed by atoms with Crippen LogP contribution in [0.4, 0.5) is 13.2 Å². The van der Waals surface area contributed by atoms with Gasteiger partial charge in [0.15, 0.2) is 22.2 Å². The molecule has 2 bridgehead atoms. The largest absolute Gasteiger partial charge is 0.527 e. The summed E-state index contributed by atoms with van der Waals surface area (Å²) in [6, 6.07) is 0. The van der Waals surface area contributed by atoms with E-state index in [0.717, 1.165) is 38.5 Å². The summed E-state index contributed by atoms with van der Waals surface area (Å²) in [5.41, 5.74) is -5.41. The zero-order valence-corrected chi connectivity index (χ0v) is 14.9. The molecule has 3 aliphatic rings. The highest BCUT2D eigenvalue weighted by atomic mass is 32.3. The van der Waals surface area contributed by atoms with Gasteiger partial charge in [0, 0.05) is 18.8 Å². The summed E-state index contributed by atoms with van der Waals surface area (Å²) in [5.74, 6) is 0.511. The molecule has 0 radical (unpaired) electrons. The number of ketones is 1. The van der Waals surface area contributed by atoms with E-state index in [4.69, 9.17) is 3.63 Å². The Kier molecular flexibility index (Phi) is 5.24. The van der Waals surface area contributed by atoms with Gasteiger partial charge in [-0.25, -0.2) is 0 Å². The number of hydrogen-bond donors (Lipinski definition) is 0. The first-order chi connectivity index (χ1) is 11.2. The molecule has 0 saturated heterocycles. The van der Waals surface area contributed by atoms with Gasteiger partial charge in [-0.2, -0.15) is 21.6 Å². The Morgan fingerprint density at radius 3 is 2.42 bits per heavy atom. The second-order valence-corrected chi connectivity index (χ2v) is 10.8. The van der Waals surface area contributed by atoms with Gasteiger partial charge in [-0.1, -0.05) is 6.42 Å². The highest BCUT2D eigenvalue weighted by Gasteiger charge is 2.58. The van der Waals surface area contributed by atoms with Gasteiger partial charge in [0.05, 0.1) is 5.92 Å². The van der Waals surface area contributed by atoms with Gasteiger partial charge < -0.3 is 0 Å². The topological polar surface area (TPSA) is 60.4 Å². The lowest BCUT2D eigenvalue weighted by molar-refractivity contribution is -0.123. The van der Waals surface area contributed by atoms with Crippen LogP contribution in [-0.4, -0.2) is 30.7 Å². The van der Waals surface area contributed by atoms with Gasteiger partial charge in [-0.05, 0) is 41.7 Å². The van der Waals surface area contributed by atoms with Crippen LogP contribution in [0.5, 0.6) is 0 Å². The van der Waals surface area contributed by atoms with Crippen molar-refractivity contribution in [2.24, 2.45) is 17.8 Å². The average molecular weight is 387 g/mol. The van der Waals surface area contributed by atoms with E-state index < -0.39 is 26.8 Å². The molecule has 0 amide bonds. The predicted molar refractivity (Wildman–Crippen MR) is 84.5 cm³/mol. The Morgan fingerprint density at radius 2 is 1.88 bits per heavy atom. The molecular formula is C15H22F3O4S2+. The molecule has 0 aromatic heterocycles. The van der Waals surface area contributed by atoms with Crippen LogP contribution in [0.25, 0.3) is 0 Å². The number of Topliss-reactive ketones (excluding diaryl/α,β-unsaturated/α-hetero) is 1. The number of halogens is 3. The zero-order chi connectivity index (χ0) is 17.5. The molecule has 138 valence electrons. The Balaban J connectivity index is 1.77. The number of carbonyl (C=O) groups is 1. The molecule has 24 heavy (non-hydrogen) atoms. The first-order valence-electron chi connectivity index (χ1n) is 8.41. The van der Waals surface area contributed by atoms with E-state index in [1.807, 2.05) is 0 Å². The Morgan fingerprint density at radius 1 is 1.12 bits per heavy atom. The highest BCUT2D eigenvalue weighted by Crippen LogP contribution is 2.49. The van der Waals surface area contributed by atoms with Gasteiger partial charge in [0.1, 0.15) is 5.78 Å². The number of fused-ring (bicyclic) bond motifs is 2. The van der Waals surface area contributed by atoms with Crippen molar-refractivity contribution >= 4 is 27.1 Å². The van der Waals surface area contributed by atoms with Gasteiger partial charge in [0.25, 0.3) is 0 Å². The number of carbonyl (C=O) groups excluding carboxylic acids is 1. The molecule has 0 spiro atoms. The minimum Gasteiger partial charge on any atom is -0.299 e. The fraction of sp³-hybridized carbons (Fsp3) is 0.933. The van der Waals surface area contributed by atoms with Crippen molar-refractivity contribution in [1.29, 1.82) is 0 Å². The lowest BCUT2D eigenvalue weighted by atomic mass is 9.89. The Bertz CT molecular complexity index is 590. The molecule has 5 unspecified atom stereocenters. The number of hydrogen-bond acceptors (Lipinski definition) is 4. The normalized spacial score (nSPS) is 35.4. The summed E-state index contributed by atoms with van der Waals surface area (Å²) in [6.45, 7) is 0. The maximum absolute atomic E-state index is 12.7. The summed E-state index contributed by atoms with van der Waals surface area (Å²) in [7, 11) is -5.62. The van der Waals surface area contributed by atoms with Crippen LogP contribution in [-0.2, 0) is 29.7 Å². The molecule has 9 heteroatoms. The standard InChI is InChI=1S/C15H22F3O4S2/c16-15(17,18)24(20,21)22-23(9-12-3-1-2-4-13(12)19)14-8-10-5-6-11(14)7-10/h10-12,14H,1-9H2/q+1. The van der Waals surface area contributed by atoms with Gasteiger partial charge in [-0.15, -0.1) is 0 Å². The van der Waals surface area contributed by atoms with Crippen molar-refractivity contribution in [2.45, 2.75) is 62.1 Å². The minimum atomic E-state index is -5.62. The molecule has 5 atom stereocenters. The summed E-state index contributed by atoms with van der Waals surface area (Å²) in [5, 5.41) is -0.157. The molecule has 4 nitrogen and oxygen atoms in total. The molecule has 0 aromatic carbocycles. The maximum atomic E-state index is 12.7. The Hall–Kier alpha value is -0.280. The van der Waals surface area contributed by atoms with E-state index in [1.165, 1.54) is 0 Å². The van der Waals surface area contributed by atoms with Crippen molar-refractivity contribution in [3.05, 3.63) is 0 Å². The molecule has 3 fully saturated rings. The van der Waals surface area contributed by atoms with E-state index in [2.05, 4.69) is 0 Å². The smallest absolute Gasteiger partial charge is 0.299 e. The van der Waals surface area contributed by atoms with Crippen molar-refractivity contribution in [2.75, 3.05) is 5.75 Å². The highest BCUT2D eigenvalue weighted by molar-refractivity contribution is 8.03. The third-order valence-electron chi connectivity index (χ3n) is 5.52. The van der Waals surface area contributed by atoms with E-state index >= 15 is 0 Å². The van der Waals surface area contributed by atoms with E-state index in [9.17, 15) is 26.4 Å². The lowest BCUT2D eigenvalue weighted by Crippen LogP contribution is -2.40. The molecule has 0 aromatic rings. The van der Waals surface area contributed by atoms with E-state index in [-0.39, 0.29) is 28.6 Å². The molecule has 3 saturated carbocycles. The monoisotopic (exact) mass is 387 g/mol. The van der Waals surface area contributed by atoms with Crippen LogP contribution in [0.15, 0.2) is 0 Å². The molecule has 0 aliphatic heterocycles. The maximum Gasteiger partial charge on any atom is 0.527 e. The Labute approximate surface area is 143 Å². The van der Waals surface area contributed by atoms with Crippen LogP contribution >= 0.6 is 0 Å². The lowest BCUT2D eigenvalue weighted by Gasteiger charge is -2.25. The fourth-order valence-corrected chi connectivity index (χ4v) is 8.31. The molecular weight excluding hydrogens is 365 g/mol. The summed E-state index contributed by atoms with van der Waals surface area (Å²) >= 11 is -1.36. The van der Waals surface area contributed by atoms with Gasteiger partial charge >= 0.3 is 15.6 Å². The second kappa shape index (κ2) is 6.79. The summed E-state index contributed by atoms with van der Waals surface area (Å²) in [6.07, 6.45) is 6.38. The third kappa shape index (κ3) is 3.77. The number of rotatable bonds is 5. The third-order valence-corrected chi connectivity index (χ3v) is 9.48. The van der Waals surface area contributed by atoms with E-state index in [1.54, 1.807) is 0 Å². The zero-order valence-electron chi connectivity index (χ0n) is 13.3. The molecule has 3 rings (SSSR count). The van der Waals surface area contributed by atoms with Crippen molar-refractivity contribution in [3.63, 3.8) is 0 Å². The molecule has 0 heterocycles. The van der Waals surface area contributed by atoms with Crippen LogP contribution in [0.1, 0.15) is 51.4 Å². The predicted octanol–water partition coefficient (Wildman–Crippen LogP) is 3.33. The number of alkyl halides is 3. The van der Waals surface area contributed by atoms with Crippen molar-refractivity contribution in [1.82, 2.24) is 0 Å². The van der Waals surface area contributed by atoms with Gasteiger partial charge in [0.2, 0.25) is 0 Å². The summed E-state index contributed by atoms with van der Waals surface area (Å²) in [4.78, 5) is 12.0. The summed E-state index contributed by atoms with van der Waals surface area (Å²) < 4.78 is 66.0. The average Bonchev–Trinajstić information content (AvgIpc) is 3.10. The van der Waals surface area contributed by atoms with Crippen LogP contribution in [0.3, 0.4) is 0 Å². The minimum absolute atomic E-state index is 0.0370. The van der Waals surface area contributed by atoms with Crippen LogP contribution < -0.4 is 0 Å². The van der Waals surface area contributed by atoms with Crippen LogP contribution in [0.2, 0.25) is 0 Å². The quantitative estimate of drug-likeness (QED) is 0.536. The van der Waals surface area contributed by atoms with Crippen LogP contribution in [0, 0.1) is 17.8 Å². The second-order valence-electron chi connectivity index (χ2n) is 7.14. The SMILES string of the molecule is O=C1CCCCC1C[S+](OS(=O)(=O)C(F)(F)F)C1CC2CCC1C2. The van der Waals surface area contributed by atoms with E-state index in [0.29, 0.717) is 18.8 Å². The van der Waals surface area contributed by atoms with Gasteiger partial charge in [-0.3, -0.25) is 4.79 Å². The first-order valence-corrected chi connectivity index (χ1v) is 11.2. The van der Waals surface area contributed by atoms with Crippen molar-refractivity contribution < 1.29 is 30.0 Å². The first kappa shape index (κ1) is 18.5. The fourth-order valence-electron chi connectivity index (χ4n) is 4.29. The molecule has 0 N–H and O–H groups in total.